The van der Waals surface area contributed by atoms with Crippen LogP contribution in [0.3, 0.4) is 0 Å². The molecule has 0 spiro atoms. The maximum Gasteiger partial charge on any atom is 0.348 e. The molecule has 1 fully saturated rings. The number of H-pyrrole nitrogens is 1. The highest BCUT2D eigenvalue weighted by atomic mass is 19.1. The highest BCUT2D eigenvalue weighted by Gasteiger charge is 2.27. The van der Waals surface area contributed by atoms with E-state index in [0.717, 1.165) is 0 Å². The van der Waals surface area contributed by atoms with Gasteiger partial charge in [-0.25, -0.2) is 9.18 Å². The zero-order chi connectivity index (χ0) is 20.4. The number of ether oxygens (including phenoxy) is 1. The first-order chi connectivity index (χ1) is 14.0. The molecule has 1 N–H and O–H groups in total. The van der Waals surface area contributed by atoms with Gasteiger partial charge in [0.25, 0.3) is 5.91 Å². The van der Waals surface area contributed by atoms with E-state index in [-0.39, 0.29) is 23.3 Å². The van der Waals surface area contributed by atoms with E-state index in [1.165, 1.54) is 28.9 Å². The Morgan fingerprint density at radius 1 is 1.10 bits per heavy atom. The van der Waals surface area contributed by atoms with Gasteiger partial charge in [0.1, 0.15) is 17.4 Å². The van der Waals surface area contributed by atoms with Gasteiger partial charge in [-0.15, -0.1) is 5.10 Å². The lowest BCUT2D eigenvalue weighted by molar-refractivity contribution is 0.0711. The summed E-state index contributed by atoms with van der Waals surface area (Å²) < 4.78 is 19.5. The molecule has 1 aromatic heterocycles. The summed E-state index contributed by atoms with van der Waals surface area (Å²) in [5, 5.41) is 4.39. The van der Waals surface area contributed by atoms with Crippen LogP contribution in [-0.2, 0) is 0 Å². The molecule has 2 heterocycles. The molecule has 7 nitrogen and oxygen atoms in total. The van der Waals surface area contributed by atoms with Gasteiger partial charge in [-0.3, -0.25) is 9.78 Å². The van der Waals surface area contributed by atoms with Crippen LogP contribution in [-0.4, -0.2) is 45.8 Å². The third-order valence-electron chi connectivity index (χ3n) is 5.21. The maximum atomic E-state index is 13.1. The van der Waals surface area contributed by atoms with E-state index in [1.54, 1.807) is 31.4 Å². The average molecular weight is 396 g/mol. The van der Waals surface area contributed by atoms with Gasteiger partial charge in [-0.1, -0.05) is 0 Å². The van der Waals surface area contributed by atoms with E-state index in [0.29, 0.717) is 48.8 Å². The second kappa shape index (κ2) is 7.90. The first-order valence-corrected chi connectivity index (χ1v) is 9.43. The Kier molecular flexibility index (Phi) is 5.16. The Balaban J connectivity index is 1.43. The van der Waals surface area contributed by atoms with E-state index in [1.807, 2.05) is 4.90 Å². The third-order valence-corrected chi connectivity index (χ3v) is 5.21. The number of piperidine rings is 1. The lowest BCUT2D eigenvalue weighted by Crippen LogP contribution is -2.38. The number of carbonyl (C=O) groups is 1. The van der Waals surface area contributed by atoms with Crippen LogP contribution in [0.15, 0.2) is 53.3 Å². The van der Waals surface area contributed by atoms with Gasteiger partial charge < -0.3 is 9.64 Å². The number of carbonyl (C=O) groups excluding carboxylic acids is 1. The number of benzene rings is 2. The zero-order valence-electron chi connectivity index (χ0n) is 16.0. The highest BCUT2D eigenvalue weighted by molar-refractivity contribution is 5.94. The van der Waals surface area contributed by atoms with Gasteiger partial charge in [0.2, 0.25) is 0 Å². The number of nitrogens with one attached hydrogen (secondary N) is 1. The average Bonchev–Trinajstić information content (AvgIpc) is 3.15. The lowest BCUT2D eigenvalue weighted by Gasteiger charge is -2.31. The second-order valence-corrected chi connectivity index (χ2v) is 7.00. The molecule has 3 aromatic rings. The standard InChI is InChI=1S/C21H21FN4O3/c1-29-18-8-2-15(3-9-18)20(27)25-12-10-14(11-13-25)19-23-21(28)26(24-19)17-6-4-16(22)5-7-17/h2-9,14H,10-13H2,1H3,(H,23,24,28). The predicted molar refractivity (Wildman–Crippen MR) is 105 cm³/mol. The quantitative estimate of drug-likeness (QED) is 0.735. The molecule has 1 aliphatic rings. The Hall–Kier alpha value is -3.42. The summed E-state index contributed by atoms with van der Waals surface area (Å²) in [4.78, 5) is 29.6. The van der Waals surface area contributed by atoms with Gasteiger partial charge in [0, 0.05) is 24.6 Å². The van der Waals surface area contributed by atoms with E-state index < -0.39 is 0 Å². The number of aromatic nitrogens is 3. The Morgan fingerprint density at radius 2 is 1.76 bits per heavy atom. The summed E-state index contributed by atoms with van der Waals surface area (Å²) in [6.07, 6.45) is 1.41. The molecule has 0 aliphatic carbocycles. The molecule has 1 amide bonds. The first kappa shape index (κ1) is 18.9. The minimum absolute atomic E-state index is 0.0172. The molecule has 0 unspecified atom stereocenters. The molecule has 29 heavy (non-hydrogen) atoms. The molecule has 8 heteroatoms. The van der Waals surface area contributed by atoms with Crippen LogP contribution in [0.25, 0.3) is 5.69 Å². The summed E-state index contributed by atoms with van der Waals surface area (Å²) in [7, 11) is 1.59. The smallest absolute Gasteiger partial charge is 0.348 e. The maximum absolute atomic E-state index is 13.1. The number of aromatic amines is 1. The van der Waals surface area contributed by atoms with Gasteiger partial charge >= 0.3 is 5.69 Å². The van der Waals surface area contributed by atoms with Gasteiger partial charge in [0.15, 0.2) is 0 Å². The Bertz CT molecular complexity index is 1050. The summed E-state index contributed by atoms with van der Waals surface area (Å²) >= 11 is 0. The summed E-state index contributed by atoms with van der Waals surface area (Å²) in [6, 6.07) is 12.7. The normalized spacial score (nSPS) is 14.8. The van der Waals surface area contributed by atoms with Gasteiger partial charge in [0.05, 0.1) is 12.8 Å². The minimum atomic E-state index is -0.369. The molecular weight excluding hydrogens is 375 g/mol. The largest absolute Gasteiger partial charge is 0.497 e. The van der Waals surface area contributed by atoms with Crippen molar-refractivity contribution in [2.45, 2.75) is 18.8 Å². The molecule has 1 aliphatic heterocycles. The van der Waals surface area contributed by atoms with E-state index >= 15 is 0 Å². The number of nitrogens with zero attached hydrogens (tertiary/aromatic N) is 3. The van der Waals surface area contributed by atoms with Crippen molar-refractivity contribution in [2.75, 3.05) is 20.2 Å². The van der Waals surface area contributed by atoms with Crippen LogP contribution < -0.4 is 10.4 Å². The fraction of sp³-hybridized carbons (Fsp3) is 0.286. The van der Waals surface area contributed by atoms with Crippen LogP contribution in [0.1, 0.15) is 34.9 Å². The minimum Gasteiger partial charge on any atom is -0.497 e. The first-order valence-electron chi connectivity index (χ1n) is 9.43. The number of amides is 1. The van der Waals surface area contributed by atoms with E-state index in [4.69, 9.17) is 4.74 Å². The van der Waals surface area contributed by atoms with Crippen molar-refractivity contribution in [3.63, 3.8) is 0 Å². The highest BCUT2D eigenvalue weighted by Crippen LogP contribution is 2.26. The molecule has 0 bridgehead atoms. The number of hydrogen-bond acceptors (Lipinski definition) is 4. The van der Waals surface area contributed by atoms with Crippen LogP contribution in [0, 0.1) is 5.82 Å². The van der Waals surface area contributed by atoms with Crippen LogP contribution >= 0.6 is 0 Å². The van der Waals surface area contributed by atoms with Crippen molar-refractivity contribution >= 4 is 5.91 Å². The number of halogens is 1. The molecule has 0 saturated carbocycles. The molecule has 0 atom stereocenters. The van der Waals surface area contributed by atoms with Gasteiger partial charge in [-0.05, 0) is 61.4 Å². The second-order valence-electron chi connectivity index (χ2n) is 7.00. The Morgan fingerprint density at radius 3 is 2.38 bits per heavy atom. The number of methoxy groups -OCH3 is 1. The van der Waals surface area contributed by atoms with Crippen LogP contribution in [0.5, 0.6) is 5.75 Å². The molecule has 2 aromatic carbocycles. The molecule has 0 radical (unpaired) electrons. The Labute approximate surface area is 166 Å². The third kappa shape index (κ3) is 3.91. The van der Waals surface area contributed by atoms with Crippen molar-refractivity contribution in [3.05, 3.63) is 76.2 Å². The van der Waals surface area contributed by atoms with E-state index in [9.17, 15) is 14.0 Å². The molecule has 150 valence electrons. The van der Waals surface area contributed by atoms with Crippen molar-refractivity contribution < 1.29 is 13.9 Å². The number of likely N-dealkylation sites (tertiary alicyclic amines) is 1. The fourth-order valence-corrected chi connectivity index (χ4v) is 3.55. The topological polar surface area (TPSA) is 80.2 Å². The molecule has 4 rings (SSSR count). The van der Waals surface area contributed by atoms with E-state index in [2.05, 4.69) is 10.1 Å². The SMILES string of the molecule is COc1ccc(C(=O)N2CCC(c3nn(-c4ccc(F)cc4)c(=O)[nH]3)CC2)cc1. The van der Waals surface area contributed by atoms with Crippen LogP contribution in [0.2, 0.25) is 0 Å². The number of rotatable bonds is 4. The zero-order valence-corrected chi connectivity index (χ0v) is 16.0. The van der Waals surface area contributed by atoms with Crippen molar-refractivity contribution in [3.8, 4) is 11.4 Å². The summed E-state index contributed by atoms with van der Waals surface area (Å²) in [6.45, 7) is 1.17. The summed E-state index contributed by atoms with van der Waals surface area (Å²) in [5.74, 6) is 0.976. The predicted octanol–water partition coefficient (Wildman–Crippen LogP) is 2.73. The summed E-state index contributed by atoms with van der Waals surface area (Å²) in [5.41, 5.74) is 0.771. The van der Waals surface area contributed by atoms with Gasteiger partial charge in [-0.2, -0.15) is 4.68 Å². The van der Waals surface area contributed by atoms with Crippen LogP contribution in [0.4, 0.5) is 4.39 Å². The monoisotopic (exact) mass is 396 g/mol. The molecular formula is C21H21FN4O3. The lowest BCUT2D eigenvalue weighted by atomic mass is 9.95. The van der Waals surface area contributed by atoms with Crippen molar-refractivity contribution in [2.24, 2.45) is 0 Å². The van der Waals surface area contributed by atoms with Crippen molar-refractivity contribution in [1.29, 1.82) is 0 Å². The number of hydrogen-bond donors (Lipinski definition) is 1. The molecule has 1 saturated heterocycles. The van der Waals surface area contributed by atoms with Crippen molar-refractivity contribution in [1.82, 2.24) is 19.7 Å². The fourth-order valence-electron chi connectivity index (χ4n) is 3.55.